The standard InChI is InChI=1S/C25H25N3O3S/c1-17-5-3-6-19-13-20(24(29)27-23(17)19)16-28(15-18-8-10-21(30-2)11-9-18)25(32)26-14-22-7-4-12-31-22/h3-13H,14-16H2,1-2H3,(H,26,32)(H,27,29). The molecule has 164 valence electrons. The van der Waals surface area contributed by atoms with Gasteiger partial charge < -0.3 is 24.4 Å². The Bertz CT molecular complexity index is 1260. The minimum atomic E-state index is -0.111. The molecule has 0 amide bonds. The molecule has 0 aliphatic heterocycles. The van der Waals surface area contributed by atoms with Gasteiger partial charge in [-0.15, -0.1) is 0 Å². The van der Waals surface area contributed by atoms with Gasteiger partial charge in [0.2, 0.25) is 0 Å². The third-order valence-corrected chi connectivity index (χ3v) is 5.74. The highest BCUT2D eigenvalue weighted by atomic mass is 32.1. The number of aromatic amines is 1. The Morgan fingerprint density at radius 2 is 1.94 bits per heavy atom. The number of hydrogen-bond acceptors (Lipinski definition) is 4. The van der Waals surface area contributed by atoms with E-state index in [4.69, 9.17) is 21.4 Å². The molecule has 0 saturated heterocycles. The Labute approximate surface area is 191 Å². The summed E-state index contributed by atoms with van der Waals surface area (Å²) >= 11 is 5.69. The molecule has 0 radical (unpaired) electrons. The maximum Gasteiger partial charge on any atom is 0.253 e. The first-order chi connectivity index (χ1) is 15.5. The number of hydrogen-bond donors (Lipinski definition) is 2. The lowest BCUT2D eigenvalue weighted by Crippen LogP contribution is -2.39. The van der Waals surface area contributed by atoms with Gasteiger partial charge in [-0.1, -0.05) is 30.3 Å². The fourth-order valence-corrected chi connectivity index (χ4v) is 3.79. The summed E-state index contributed by atoms with van der Waals surface area (Å²) in [5.41, 5.74) is 3.50. The lowest BCUT2D eigenvalue weighted by atomic mass is 10.1. The van der Waals surface area contributed by atoms with Crippen molar-refractivity contribution < 1.29 is 9.15 Å². The van der Waals surface area contributed by atoms with Crippen LogP contribution in [0.2, 0.25) is 0 Å². The molecule has 32 heavy (non-hydrogen) atoms. The molecular weight excluding hydrogens is 422 g/mol. The van der Waals surface area contributed by atoms with Crippen molar-refractivity contribution in [2.45, 2.75) is 26.6 Å². The highest BCUT2D eigenvalue weighted by Crippen LogP contribution is 2.18. The van der Waals surface area contributed by atoms with E-state index in [0.717, 1.165) is 33.5 Å². The Morgan fingerprint density at radius 1 is 1.12 bits per heavy atom. The molecule has 0 atom stereocenters. The van der Waals surface area contributed by atoms with Crippen LogP contribution in [0, 0.1) is 6.92 Å². The molecule has 2 aromatic heterocycles. The van der Waals surface area contributed by atoms with Gasteiger partial charge in [-0.25, -0.2) is 0 Å². The summed E-state index contributed by atoms with van der Waals surface area (Å²) in [4.78, 5) is 17.9. The first-order valence-corrected chi connectivity index (χ1v) is 10.7. The number of nitrogens with one attached hydrogen (secondary N) is 2. The van der Waals surface area contributed by atoms with E-state index in [2.05, 4.69) is 10.3 Å². The second-order valence-electron chi connectivity index (χ2n) is 7.61. The zero-order valence-corrected chi connectivity index (χ0v) is 18.9. The predicted molar refractivity (Wildman–Crippen MR) is 130 cm³/mol. The number of fused-ring (bicyclic) bond motifs is 1. The highest BCUT2D eigenvalue weighted by molar-refractivity contribution is 7.80. The fourth-order valence-electron chi connectivity index (χ4n) is 3.59. The molecule has 2 N–H and O–H groups in total. The van der Waals surface area contributed by atoms with Crippen molar-refractivity contribution >= 4 is 28.2 Å². The van der Waals surface area contributed by atoms with Crippen LogP contribution in [0.5, 0.6) is 5.75 Å². The van der Waals surface area contributed by atoms with Crippen molar-refractivity contribution in [1.29, 1.82) is 0 Å². The van der Waals surface area contributed by atoms with E-state index in [0.29, 0.717) is 30.3 Å². The molecular formula is C25H25N3O3S. The molecule has 4 rings (SSSR count). The zero-order valence-electron chi connectivity index (χ0n) is 18.1. The molecule has 7 heteroatoms. The number of H-pyrrole nitrogens is 1. The van der Waals surface area contributed by atoms with E-state index in [1.54, 1.807) is 13.4 Å². The lowest BCUT2D eigenvalue weighted by molar-refractivity contribution is 0.391. The van der Waals surface area contributed by atoms with Crippen molar-refractivity contribution in [2.24, 2.45) is 0 Å². The second-order valence-corrected chi connectivity index (χ2v) is 7.99. The van der Waals surface area contributed by atoms with E-state index < -0.39 is 0 Å². The van der Waals surface area contributed by atoms with Gasteiger partial charge in [0.25, 0.3) is 5.56 Å². The quantitative estimate of drug-likeness (QED) is 0.406. The van der Waals surface area contributed by atoms with E-state index in [9.17, 15) is 4.79 Å². The van der Waals surface area contributed by atoms with E-state index >= 15 is 0 Å². The third kappa shape index (κ3) is 5.00. The Hall–Kier alpha value is -3.58. The summed E-state index contributed by atoms with van der Waals surface area (Å²) in [7, 11) is 1.64. The van der Waals surface area contributed by atoms with Crippen LogP contribution in [0.25, 0.3) is 10.9 Å². The van der Waals surface area contributed by atoms with Crippen LogP contribution < -0.4 is 15.6 Å². The van der Waals surface area contributed by atoms with Crippen molar-refractivity contribution in [3.05, 3.63) is 99.7 Å². The first-order valence-electron chi connectivity index (χ1n) is 10.3. The fraction of sp³-hybridized carbons (Fsp3) is 0.200. The number of rotatable bonds is 7. The number of methoxy groups -OCH3 is 1. The molecule has 0 saturated carbocycles. The monoisotopic (exact) mass is 447 g/mol. The third-order valence-electron chi connectivity index (χ3n) is 5.34. The minimum Gasteiger partial charge on any atom is -0.497 e. The number of nitrogens with zero attached hydrogens (tertiary/aromatic N) is 1. The van der Waals surface area contributed by atoms with Crippen molar-refractivity contribution in [1.82, 2.24) is 15.2 Å². The Kier molecular flexibility index (Phi) is 6.56. The number of thiocarbonyl (C=S) groups is 1. The van der Waals surface area contributed by atoms with Crippen LogP contribution in [0.4, 0.5) is 0 Å². The topological polar surface area (TPSA) is 70.5 Å². The van der Waals surface area contributed by atoms with Crippen LogP contribution >= 0.6 is 12.2 Å². The highest BCUT2D eigenvalue weighted by Gasteiger charge is 2.15. The van der Waals surface area contributed by atoms with Crippen LogP contribution in [0.15, 0.2) is 76.1 Å². The Morgan fingerprint density at radius 3 is 2.66 bits per heavy atom. The van der Waals surface area contributed by atoms with E-state index in [1.807, 2.05) is 72.5 Å². The van der Waals surface area contributed by atoms with Gasteiger partial charge in [0.1, 0.15) is 11.5 Å². The van der Waals surface area contributed by atoms with Gasteiger partial charge in [-0.3, -0.25) is 4.79 Å². The number of aromatic nitrogens is 1. The second kappa shape index (κ2) is 9.70. The number of ether oxygens (including phenoxy) is 1. The number of pyridine rings is 1. The normalized spacial score (nSPS) is 10.8. The van der Waals surface area contributed by atoms with E-state index in [-0.39, 0.29) is 5.56 Å². The number of benzene rings is 2. The van der Waals surface area contributed by atoms with Gasteiger partial charge in [0.05, 0.1) is 32.0 Å². The summed E-state index contributed by atoms with van der Waals surface area (Å²) in [6.07, 6.45) is 1.63. The molecule has 0 bridgehead atoms. The van der Waals surface area contributed by atoms with Crippen molar-refractivity contribution in [2.75, 3.05) is 7.11 Å². The van der Waals surface area contributed by atoms with Gasteiger partial charge in [-0.2, -0.15) is 0 Å². The van der Waals surface area contributed by atoms with Crippen LogP contribution in [-0.2, 0) is 19.6 Å². The molecule has 6 nitrogen and oxygen atoms in total. The molecule has 0 unspecified atom stereocenters. The minimum absolute atomic E-state index is 0.111. The van der Waals surface area contributed by atoms with Gasteiger partial charge in [-0.05, 0) is 66.0 Å². The van der Waals surface area contributed by atoms with Gasteiger partial charge >= 0.3 is 0 Å². The summed E-state index contributed by atoms with van der Waals surface area (Å²) in [5.74, 6) is 1.58. The molecule has 2 heterocycles. The summed E-state index contributed by atoms with van der Waals surface area (Å²) < 4.78 is 10.7. The van der Waals surface area contributed by atoms with Gasteiger partial charge in [0, 0.05) is 12.1 Å². The van der Waals surface area contributed by atoms with Crippen molar-refractivity contribution in [3.8, 4) is 5.75 Å². The SMILES string of the molecule is COc1ccc(CN(Cc2cc3cccc(C)c3[nH]c2=O)C(=S)NCc2ccco2)cc1. The number of para-hydroxylation sites is 1. The van der Waals surface area contributed by atoms with Crippen LogP contribution in [0.3, 0.4) is 0 Å². The smallest absolute Gasteiger partial charge is 0.253 e. The first kappa shape index (κ1) is 21.6. The summed E-state index contributed by atoms with van der Waals surface area (Å²) in [5, 5.41) is 4.78. The predicted octanol–water partition coefficient (Wildman–Crippen LogP) is 4.52. The largest absolute Gasteiger partial charge is 0.497 e. The number of aryl methyl sites for hydroxylation is 1. The molecule has 4 aromatic rings. The average Bonchev–Trinajstić information content (AvgIpc) is 3.32. The van der Waals surface area contributed by atoms with Crippen molar-refractivity contribution in [3.63, 3.8) is 0 Å². The molecule has 0 spiro atoms. The van der Waals surface area contributed by atoms with E-state index in [1.165, 1.54) is 0 Å². The summed E-state index contributed by atoms with van der Waals surface area (Å²) in [6, 6.07) is 19.5. The zero-order chi connectivity index (χ0) is 22.5. The maximum absolute atomic E-state index is 12.8. The molecule has 2 aromatic carbocycles. The van der Waals surface area contributed by atoms with Crippen LogP contribution in [0.1, 0.15) is 22.5 Å². The number of furan rings is 1. The average molecular weight is 448 g/mol. The Balaban J connectivity index is 1.60. The van der Waals surface area contributed by atoms with Crippen LogP contribution in [-0.4, -0.2) is 22.1 Å². The molecule has 0 aliphatic rings. The maximum atomic E-state index is 12.8. The molecule has 0 aliphatic carbocycles. The summed E-state index contributed by atoms with van der Waals surface area (Å²) in [6.45, 7) is 3.37. The molecule has 0 fully saturated rings. The lowest BCUT2D eigenvalue weighted by Gasteiger charge is -2.26. The van der Waals surface area contributed by atoms with Gasteiger partial charge in [0.15, 0.2) is 5.11 Å².